The maximum atomic E-state index is 13.6. The first-order valence-electron chi connectivity index (χ1n) is 17.3. The lowest BCUT2D eigenvalue weighted by atomic mass is 9.62. The zero-order valence-corrected chi connectivity index (χ0v) is 30.3. The normalized spacial score (nSPS) is 31.9. The number of Topliss-reactive ketones (excluding diaryl/α,β-unsaturated/α-hetero) is 1. The van der Waals surface area contributed by atoms with Crippen LogP contribution in [0.15, 0.2) is 43.1 Å². The Labute approximate surface area is 293 Å². The number of nitrogens with zero attached hydrogens (tertiary/aromatic N) is 3. The molecule has 12 heteroatoms. The topological polar surface area (TPSA) is 143 Å². The number of nitrogen functional groups attached to an aromatic ring is 1. The van der Waals surface area contributed by atoms with Crippen LogP contribution in [0.5, 0.6) is 0 Å². The predicted octanol–water partition coefficient (Wildman–Crippen LogP) is 4.34. The summed E-state index contributed by atoms with van der Waals surface area (Å²) in [7, 11) is 8.27. The van der Waals surface area contributed by atoms with Gasteiger partial charge in [0.15, 0.2) is 5.60 Å². The molecule has 2 heterocycles. The van der Waals surface area contributed by atoms with Crippen LogP contribution in [0.25, 0.3) is 11.3 Å². The molecule has 2 aromatic rings. The fourth-order valence-electron chi connectivity index (χ4n) is 6.90. The molecule has 11 nitrogen and oxygen atoms in total. The molecular formula is C37H55BN6O5. The smallest absolute Gasteiger partial charge is 0.316 e. The summed E-state index contributed by atoms with van der Waals surface area (Å²) < 4.78 is 19.9. The zero-order valence-electron chi connectivity index (χ0n) is 30.3. The Hall–Kier alpha value is -3.66. The number of aromatic nitrogens is 3. The van der Waals surface area contributed by atoms with Gasteiger partial charge in [0.1, 0.15) is 29.6 Å². The predicted molar refractivity (Wildman–Crippen MR) is 193 cm³/mol. The number of nitrogens with two attached hydrogens (primary N) is 1. The molecule has 266 valence electrons. The molecule has 0 bridgehead atoms. The Kier molecular flexibility index (Phi) is 14.5. The molecule has 1 aromatic heterocycles. The van der Waals surface area contributed by atoms with E-state index in [2.05, 4.69) is 40.6 Å². The van der Waals surface area contributed by atoms with E-state index in [1.807, 2.05) is 62.0 Å². The third-order valence-electron chi connectivity index (χ3n) is 10.1. The summed E-state index contributed by atoms with van der Waals surface area (Å²) in [6.45, 7) is 17.0. The minimum atomic E-state index is -1.20. The van der Waals surface area contributed by atoms with E-state index < -0.39 is 47.0 Å². The van der Waals surface area contributed by atoms with E-state index in [0.717, 1.165) is 24.1 Å². The number of cyclic esters (lactones) is 1. The first kappa shape index (κ1) is 39.8. The number of aryl methyl sites for hydroxylation is 1. The standard InChI is InChI=1S/C37H55BN6O5/c1-10-29-34(40-18-13-14-19-44-23-30(42-43-44)27-16-15-17-28(39)20-27)37(8,48-12-3)31(11-2)49-35(46)26(6)32(45)25(5)33(38)36(7,47-9)21-24(4)22-41-29/h3,10,15-17,20,23-26,29,31,33-34,40-41H,1,11,13-14,18-19,21-22,39H2,2,4-9H3/t24-,25+,26-,29-,31-,33-,34-,36-,37-/m1/s1. The van der Waals surface area contributed by atoms with Gasteiger partial charge in [-0.2, -0.15) is 0 Å². The highest BCUT2D eigenvalue weighted by molar-refractivity contribution is 6.15. The van der Waals surface area contributed by atoms with Crippen LogP contribution in [-0.4, -0.2) is 84.2 Å². The molecular weight excluding hydrogens is 619 g/mol. The maximum absolute atomic E-state index is 13.6. The number of anilines is 1. The molecule has 9 atom stereocenters. The van der Waals surface area contributed by atoms with Gasteiger partial charge in [-0.1, -0.05) is 50.6 Å². The van der Waals surface area contributed by atoms with Crippen LogP contribution in [0.3, 0.4) is 0 Å². The third kappa shape index (κ3) is 9.74. The van der Waals surface area contributed by atoms with Gasteiger partial charge in [0.05, 0.1) is 25.7 Å². The Morgan fingerprint density at radius 3 is 2.65 bits per heavy atom. The van der Waals surface area contributed by atoms with Gasteiger partial charge < -0.3 is 30.6 Å². The van der Waals surface area contributed by atoms with Gasteiger partial charge in [0, 0.05) is 36.9 Å². The van der Waals surface area contributed by atoms with Crippen LogP contribution >= 0.6 is 0 Å². The quantitative estimate of drug-likeness (QED) is 0.0600. The van der Waals surface area contributed by atoms with Gasteiger partial charge in [-0.25, -0.2) is 0 Å². The van der Waals surface area contributed by atoms with Crippen molar-refractivity contribution in [1.29, 1.82) is 0 Å². The number of nitrogens with one attached hydrogen (secondary N) is 2. The number of ether oxygens (including phenoxy) is 3. The summed E-state index contributed by atoms with van der Waals surface area (Å²) >= 11 is 0. The number of carbonyl (C=O) groups excluding carboxylic acids is 2. The summed E-state index contributed by atoms with van der Waals surface area (Å²) in [5.41, 5.74) is 6.27. The first-order valence-corrected chi connectivity index (χ1v) is 17.3. The molecule has 0 aliphatic carbocycles. The number of hydrogen-bond donors (Lipinski definition) is 3. The fourth-order valence-corrected chi connectivity index (χ4v) is 6.90. The van der Waals surface area contributed by atoms with Crippen LogP contribution in [0.4, 0.5) is 5.69 Å². The minimum absolute atomic E-state index is 0.100. The first-order chi connectivity index (χ1) is 23.2. The zero-order chi connectivity index (χ0) is 36.4. The van der Waals surface area contributed by atoms with Crippen molar-refractivity contribution in [2.45, 2.75) is 109 Å². The fraction of sp³-hybridized carbons (Fsp3) is 0.622. The van der Waals surface area contributed by atoms with E-state index in [0.29, 0.717) is 38.2 Å². The van der Waals surface area contributed by atoms with Crippen molar-refractivity contribution in [1.82, 2.24) is 25.6 Å². The van der Waals surface area contributed by atoms with Gasteiger partial charge >= 0.3 is 5.97 Å². The molecule has 0 saturated carbocycles. The van der Waals surface area contributed by atoms with Crippen LogP contribution in [-0.2, 0) is 30.3 Å². The van der Waals surface area contributed by atoms with Crippen molar-refractivity contribution in [3.05, 3.63) is 43.1 Å². The van der Waals surface area contributed by atoms with Crippen molar-refractivity contribution in [2.75, 3.05) is 25.9 Å². The van der Waals surface area contributed by atoms with Crippen molar-refractivity contribution in [3.63, 3.8) is 0 Å². The molecule has 2 radical (unpaired) electrons. The van der Waals surface area contributed by atoms with Crippen molar-refractivity contribution in [2.24, 2.45) is 17.8 Å². The summed E-state index contributed by atoms with van der Waals surface area (Å²) in [5, 5.41) is 15.9. The Bertz CT molecular complexity index is 1450. The average Bonchev–Trinajstić information content (AvgIpc) is 3.56. The number of hydrogen-bond acceptors (Lipinski definition) is 10. The average molecular weight is 675 g/mol. The second kappa shape index (κ2) is 17.8. The van der Waals surface area contributed by atoms with Gasteiger partial charge in [-0.3, -0.25) is 14.3 Å². The van der Waals surface area contributed by atoms with Crippen LogP contribution in [0, 0.1) is 30.3 Å². The summed E-state index contributed by atoms with van der Waals surface area (Å²) in [4.78, 5) is 27.1. The summed E-state index contributed by atoms with van der Waals surface area (Å²) in [6, 6.07) is 6.74. The van der Waals surface area contributed by atoms with E-state index >= 15 is 0 Å². The highest BCUT2D eigenvalue weighted by Crippen LogP contribution is 2.38. The van der Waals surface area contributed by atoms with Crippen LogP contribution in [0.2, 0.25) is 5.82 Å². The summed E-state index contributed by atoms with van der Waals surface area (Å²) in [6.07, 6.45) is 13.7. The Morgan fingerprint density at radius 2 is 2.02 bits per heavy atom. The Morgan fingerprint density at radius 1 is 1.29 bits per heavy atom. The monoisotopic (exact) mass is 674 g/mol. The maximum Gasteiger partial charge on any atom is 0.316 e. The van der Waals surface area contributed by atoms with E-state index in [9.17, 15) is 9.59 Å². The largest absolute Gasteiger partial charge is 0.457 e. The minimum Gasteiger partial charge on any atom is -0.457 e. The lowest BCUT2D eigenvalue weighted by Crippen LogP contribution is -2.65. The van der Waals surface area contributed by atoms with Crippen molar-refractivity contribution >= 4 is 25.3 Å². The molecule has 49 heavy (non-hydrogen) atoms. The number of methoxy groups -OCH3 is 1. The number of terminal acetylenes is 1. The molecule has 1 fully saturated rings. The Balaban J connectivity index is 1.86. The van der Waals surface area contributed by atoms with E-state index in [1.165, 1.54) is 0 Å². The van der Waals surface area contributed by atoms with Crippen LogP contribution < -0.4 is 16.4 Å². The number of ketones is 1. The summed E-state index contributed by atoms with van der Waals surface area (Å²) in [5.74, 6) is -3.20. The molecule has 4 N–H and O–H groups in total. The highest BCUT2D eigenvalue weighted by atomic mass is 16.6. The molecule has 1 saturated heterocycles. The number of unbranched alkanes of at least 4 members (excludes halogenated alkanes) is 1. The number of benzene rings is 1. The van der Waals surface area contributed by atoms with E-state index in [1.54, 1.807) is 21.0 Å². The van der Waals surface area contributed by atoms with Gasteiger partial charge in [-0.15, -0.1) is 11.7 Å². The molecule has 1 aromatic carbocycles. The number of rotatable bonds is 11. The number of carbonyl (C=O) groups is 2. The molecule has 1 aliphatic heterocycles. The SMILES string of the molecule is [B][C@@H]1[C@@H](C)C(=O)[C@@H](C)C(=O)O[C@H](CC)[C@@](C)(OC#C)[C@H](NCCCCn2cc(-c3cccc(N)c3)nn2)[C@@H](C=C)NC[C@H](C)C[C@@]1(C)OC. The van der Waals surface area contributed by atoms with E-state index in [4.69, 9.17) is 34.2 Å². The van der Waals surface area contributed by atoms with Gasteiger partial charge in [-0.05, 0) is 83.4 Å². The van der Waals surface area contributed by atoms with Gasteiger partial charge in [0.2, 0.25) is 0 Å². The van der Waals surface area contributed by atoms with Crippen molar-refractivity contribution < 1.29 is 23.8 Å². The van der Waals surface area contributed by atoms with Crippen LogP contribution in [0.1, 0.15) is 67.2 Å². The lowest BCUT2D eigenvalue weighted by Gasteiger charge is -2.44. The number of esters is 1. The second-order valence-electron chi connectivity index (χ2n) is 13.8. The highest BCUT2D eigenvalue weighted by Gasteiger charge is 2.49. The molecule has 0 unspecified atom stereocenters. The van der Waals surface area contributed by atoms with E-state index in [-0.39, 0.29) is 17.7 Å². The molecule has 1 aliphatic rings. The lowest BCUT2D eigenvalue weighted by molar-refractivity contribution is -0.173. The second-order valence-corrected chi connectivity index (χ2v) is 13.8. The van der Waals surface area contributed by atoms with Gasteiger partial charge in [0.25, 0.3) is 0 Å². The third-order valence-corrected chi connectivity index (χ3v) is 10.1. The molecule has 3 rings (SSSR count). The molecule has 0 amide bonds. The molecule has 0 spiro atoms. The van der Waals surface area contributed by atoms with Crippen molar-refractivity contribution in [3.8, 4) is 23.8 Å².